The Balaban J connectivity index is 0.00000180. The Morgan fingerprint density at radius 3 is 2.70 bits per heavy atom. The highest BCUT2D eigenvalue weighted by Crippen LogP contribution is 2.14. The van der Waals surface area contributed by atoms with Crippen LogP contribution in [0.15, 0.2) is 24.3 Å². The lowest BCUT2D eigenvalue weighted by atomic mass is 10.3. The van der Waals surface area contributed by atoms with Crippen molar-refractivity contribution in [3.05, 3.63) is 30.1 Å². The number of carbonyl (C=O) groups is 1. The summed E-state index contributed by atoms with van der Waals surface area (Å²) >= 11 is 0. The van der Waals surface area contributed by atoms with Crippen molar-refractivity contribution >= 4 is 41.8 Å². The van der Waals surface area contributed by atoms with Gasteiger partial charge in [-0.25, -0.2) is 4.98 Å². The monoisotopic (exact) mass is 318 g/mol. The van der Waals surface area contributed by atoms with Crippen molar-refractivity contribution in [1.29, 1.82) is 0 Å². The number of nitrogens with two attached hydrogens (primary N) is 1. The Hall–Kier alpha value is -1.30. The van der Waals surface area contributed by atoms with Crippen molar-refractivity contribution < 1.29 is 4.79 Å². The highest BCUT2D eigenvalue weighted by atomic mass is 35.5. The average Bonchev–Trinajstić information content (AvgIpc) is 2.66. The van der Waals surface area contributed by atoms with Crippen LogP contribution in [0.5, 0.6) is 0 Å². The van der Waals surface area contributed by atoms with E-state index in [1.54, 1.807) is 0 Å². The first-order valence-corrected chi connectivity index (χ1v) is 6.03. The van der Waals surface area contributed by atoms with Crippen LogP contribution < -0.4 is 11.1 Å². The number of aromatic nitrogens is 2. The third-order valence-electron chi connectivity index (χ3n) is 2.91. The van der Waals surface area contributed by atoms with Gasteiger partial charge in [-0.1, -0.05) is 12.1 Å². The van der Waals surface area contributed by atoms with Gasteiger partial charge in [0.25, 0.3) is 0 Å². The molecular formula is C13H20Cl2N4O. The summed E-state index contributed by atoms with van der Waals surface area (Å²) in [5.74, 6) is 0.797. The van der Waals surface area contributed by atoms with Gasteiger partial charge in [0.1, 0.15) is 12.4 Å². The minimum Gasteiger partial charge on any atom is -0.351 e. The van der Waals surface area contributed by atoms with Crippen molar-refractivity contribution in [1.82, 2.24) is 14.9 Å². The summed E-state index contributed by atoms with van der Waals surface area (Å²) in [6.07, 6.45) is 0. The summed E-state index contributed by atoms with van der Waals surface area (Å²) < 4.78 is 1.91. The highest BCUT2D eigenvalue weighted by Gasteiger charge is 2.11. The number of rotatable bonds is 4. The maximum atomic E-state index is 11.9. The summed E-state index contributed by atoms with van der Waals surface area (Å²) in [6, 6.07) is 7.79. The molecule has 5 nitrogen and oxygen atoms in total. The van der Waals surface area contributed by atoms with E-state index in [9.17, 15) is 4.79 Å². The van der Waals surface area contributed by atoms with E-state index in [0.29, 0.717) is 6.54 Å². The van der Waals surface area contributed by atoms with Gasteiger partial charge in [-0.2, -0.15) is 0 Å². The Morgan fingerprint density at radius 1 is 1.40 bits per heavy atom. The fraction of sp³-hybridized carbons (Fsp3) is 0.385. The van der Waals surface area contributed by atoms with Gasteiger partial charge in [0.2, 0.25) is 5.91 Å². The van der Waals surface area contributed by atoms with Crippen molar-refractivity contribution in [2.75, 3.05) is 6.54 Å². The SMILES string of the molecule is Cc1nc2ccccc2n1CC(=O)N[C@@H](C)CN.Cl.Cl. The van der Waals surface area contributed by atoms with E-state index in [2.05, 4.69) is 10.3 Å². The van der Waals surface area contributed by atoms with Gasteiger partial charge >= 0.3 is 0 Å². The van der Waals surface area contributed by atoms with Crippen molar-refractivity contribution in [2.45, 2.75) is 26.4 Å². The molecule has 3 N–H and O–H groups in total. The van der Waals surface area contributed by atoms with Crippen LogP contribution in [0.1, 0.15) is 12.7 Å². The Kier molecular flexibility index (Phi) is 7.57. The quantitative estimate of drug-likeness (QED) is 0.900. The molecule has 0 aliphatic heterocycles. The molecule has 0 unspecified atom stereocenters. The van der Waals surface area contributed by atoms with Crippen LogP contribution in [0.3, 0.4) is 0 Å². The first-order chi connectivity index (χ1) is 8.61. The van der Waals surface area contributed by atoms with E-state index in [-0.39, 0.29) is 43.3 Å². The number of amides is 1. The number of imidazole rings is 1. The van der Waals surface area contributed by atoms with Gasteiger partial charge in [0.15, 0.2) is 0 Å². The van der Waals surface area contributed by atoms with E-state index in [0.717, 1.165) is 16.9 Å². The molecule has 112 valence electrons. The minimum atomic E-state index is -0.0424. The number of hydrogen-bond donors (Lipinski definition) is 2. The molecule has 0 saturated heterocycles. The van der Waals surface area contributed by atoms with Crippen LogP contribution in [0.25, 0.3) is 11.0 Å². The molecule has 1 atom stereocenters. The lowest BCUT2D eigenvalue weighted by molar-refractivity contribution is -0.122. The normalized spacial score (nSPS) is 11.3. The van der Waals surface area contributed by atoms with Crippen LogP contribution >= 0.6 is 24.8 Å². The van der Waals surface area contributed by atoms with Crippen LogP contribution in [0.2, 0.25) is 0 Å². The van der Waals surface area contributed by atoms with Crippen LogP contribution in [0.4, 0.5) is 0 Å². The molecule has 1 aromatic carbocycles. The third-order valence-corrected chi connectivity index (χ3v) is 2.91. The van der Waals surface area contributed by atoms with Crippen molar-refractivity contribution in [3.8, 4) is 0 Å². The fourth-order valence-corrected chi connectivity index (χ4v) is 1.92. The molecule has 0 aliphatic carbocycles. The molecule has 20 heavy (non-hydrogen) atoms. The zero-order valence-corrected chi connectivity index (χ0v) is 13.1. The number of halogens is 2. The first kappa shape index (κ1) is 18.7. The molecule has 1 aromatic heterocycles. The highest BCUT2D eigenvalue weighted by molar-refractivity contribution is 5.85. The smallest absolute Gasteiger partial charge is 0.240 e. The molecule has 2 aromatic rings. The molecule has 2 rings (SSSR count). The zero-order chi connectivity index (χ0) is 13.1. The molecular weight excluding hydrogens is 299 g/mol. The molecule has 0 saturated carbocycles. The van der Waals surface area contributed by atoms with Crippen LogP contribution in [0, 0.1) is 6.92 Å². The summed E-state index contributed by atoms with van der Waals surface area (Å²) in [6.45, 7) is 4.50. The topological polar surface area (TPSA) is 72.9 Å². The second-order valence-electron chi connectivity index (χ2n) is 4.44. The zero-order valence-electron chi connectivity index (χ0n) is 11.5. The summed E-state index contributed by atoms with van der Waals surface area (Å²) in [5.41, 5.74) is 7.37. The van der Waals surface area contributed by atoms with Crippen molar-refractivity contribution in [3.63, 3.8) is 0 Å². The van der Waals surface area contributed by atoms with Gasteiger partial charge in [-0.05, 0) is 26.0 Å². The Labute approximate surface area is 130 Å². The maximum absolute atomic E-state index is 11.9. The largest absolute Gasteiger partial charge is 0.351 e. The van der Waals surface area contributed by atoms with E-state index in [4.69, 9.17) is 5.73 Å². The molecule has 0 aliphatic rings. The standard InChI is InChI=1S/C13H18N4O.2ClH/c1-9(7-14)15-13(18)8-17-10(2)16-11-5-3-4-6-12(11)17;;/h3-6,9H,7-8,14H2,1-2H3,(H,15,18);2*1H/t9-;;/m0../s1. The number of para-hydroxylation sites is 2. The number of fused-ring (bicyclic) bond motifs is 1. The Bertz CT molecular complexity index is 570. The lowest BCUT2D eigenvalue weighted by Crippen LogP contribution is -2.39. The number of nitrogens with zero attached hydrogens (tertiary/aromatic N) is 2. The number of benzene rings is 1. The van der Waals surface area contributed by atoms with Gasteiger partial charge in [0.05, 0.1) is 11.0 Å². The molecule has 0 radical (unpaired) electrons. The van der Waals surface area contributed by atoms with E-state index in [1.165, 1.54) is 0 Å². The van der Waals surface area contributed by atoms with E-state index >= 15 is 0 Å². The minimum absolute atomic E-state index is 0. The lowest BCUT2D eigenvalue weighted by Gasteiger charge is -2.12. The van der Waals surface area contributed by atoms with Crippen LogP contribution in [-0.2, 0) is 11.3 Å². The second kappa shape index (κ2) is 8.09. The van der Waals surface area contributed by atoms with E-state index in [1.807, 2.05) is 42.7 Å². The molecule has 1 amide bonds. The van der Waals surface area contributed by atoms with Gasteiger partial charge in [-0.15, -0.1) is 24.8 Å². The molecule has 0 spiro atoms. The summed E-state index contributed by atoms with van der Waals surface area (Å²) in [5, 5.41) is 2.85. The predicted octanol–water partition coefficient (Wildman–Crippen LogP) is 1.65. The average molecular weight is 319 g/mol. The molecule has 7 heteroatoms. The van der Waals surface area contributed by atoms with E-state index < -0.39 is 0 Å². The number of aryl methyl sites for hydroxylation is 1. The van der Waals surface area contributed by atoms with Crippen LogP contribution in [-0.4, -0.2) is 28.0 Å². The number of nitrogens with one attached hydrogen (secondary N) is 1. The predicted molar refractivity (Wildman–Crippen MR) is 85.6 cm³/mol. The summed E-state index contributed by atoms with van der Waals surface area (Å²) in [4.78, 5) is 16.3. The Morgan fingerprint density at radius 2 is 2.05 bits per heavy atom. The van der Waals surface area contributed by atoms with Crippen molar-refractivity contribution in [2.24, 2.45) is 5.73 Å². The molecule has 0 fully saturated rings. The summed E-state index contributed by atoms with van der Waals surface area (Å²) in [7, 11) is 0. The van der Waals surface area contributed by atoms with Gasteiger partial charge < -0.3 is 15.6 Å². The van der Waals surface area contributed by atoms with Gasteiger partial charge in [-0.3, -0.25) is 4.79 Å². The maximum Gasteiger partial charge on any atom is 0.240 e. The van der Waals surface area contributed by atoms with Gasteiger partial charge in [0, 0.05) is 12.6 Å². The third kappa shape index (κ3) is 4.10. The first-order valence-electron chi connectivity index (χ1n) is 6.03. The molecule has 1 heterocycles. The second-order valence-corrected chi connectivity index (χ2v) is 4.44. The number of carbonyl (C=O) groups excluding carboxylic acids is 1. The number of hydrogen-bond acceptors (Lipinski definition) is 3. The fourth-order valence-electron chi connectivity index (χ4n) is 1.92. The molecule has 0 bridgehead atoms.